The number of hydrazine groups is 1. The van der Waals surface area contributed by atoms with E-state index in [9.17, 15) is 0 Å². The first kappa shape index (κ1) is 13.2. The zero-order valence-electron chi connectivity index (χ0n) is 11.4. The van der Waals surface area contributed by atoms with Gasteiger partial charge < -0.3 is 4.74 Å². The first-order chi connectivity index (χ1) is 9.88. The maximum absolute atomic E-state index is 5.80. The highest BCUT2D eigenvalue weighted by atomic mass is 16.5. The SMILES string of the molecule is NNC(COc1ccccc1)C1CC1c1ccccc1. The van der Waals surface area contributed by atoms with Crippen molar-refractivity contribution < 1.29 is 4.74 Å². The Hall–Kier alpha value is -1.84. The van der Waals surface area contributed by atoms with Gasteiger partial charge in [-0.15, -0.1) is 0 Å². The molecule has 104 valence electrons. The summed E-state index contributed by atoms with van der Waals surface area (Å²) in [5.74, 6) is 7.75. The molecule has 20 heavy (non-hydrogen) atoms. The average Bonchev–Trinajstić information content (AvgIpc) is 3.30. The van der Waals surface area contributed by atoms with Crippen molar-refractivity contribution in [3.63, 3.8) is 0 Å². The van der Waals surface area contributed by atoms with E-state index >= 15 is 0 Å². The number of ether oxygens (including phenoxy) is 1. The van der Waals surface area contributed by atoms with E-state index in [2.05, 4.69) is 35.8 Å². The summed E-state index contributed by atoms with van der Waals surface area (Å²) in [6.07, 6.45) is 1.18. The summed E-state index contributed by atoms with van der Waals surface area (Å²) in [7, 11) is 0. The number of para-hydroxylation sites is 1. The second kappa shape index (κ2) is 6.07. The standard InChI is InChI=1S/C17H20N2O/c18-19-17(12-20-14-9-5-2-6-10-14)16-11-15(16)13-7-3-1-4-8-13/h1-10,15-17,19H,11-12,18H2. The molecule has 3 nitrogen and oxygen atoms in total. The van der Waals surface area contributed by atoms with Crippen molar-refractivity contribution in [1.29, 1.82) is 0 Å². The Morgan fingerprint density at radius 1 is 1.05 bits per heavy atom. The Labute approximate surface area is 119 Å². The molecule has 0 aromatic heterocycles. The van der Waals surface area contributed by atoms with Crippen molar-refractivity contribution in [3.05, 3.63) is 66.2 Å². The quantitative estimate of drug-likeness (QED) is 0.625. The zero-order valence-corrected chi connectivity index (χ0v) is 11.4. The molecule has 1 aliphatic carbocycles. The monoisotopic (exact) mass is 268 g/mol. The summed E-state index contributed by atoms with van der Waals surface area (Å²) in [5, 5.41) is 0. The van der Waals surface area contributed by atoms with Crippen LogP contribution in [-0.2, 0) is 0 Å². The van der Waals surface area contributed by atoms with Crippen LogP contribution in [-0.4, -0.2) is 12.6 Å². The van der Waals surface area contributed by atoms with Gasteiger partial charge in [0.15, 0.2) is 0 Å². The lowest BCUT2D eigenvalue weighted by Gasteiger charge is -2.17. The van der Waals surface area contributed by atoms with E-state index in [-0.39, 0.29) is 6.04 Å². The van der Waals surface area contributed by atoms with Crippen molar-refractivity contribution in [3.8, 4) is 5.75 Å². The molecule has 0 spiro atoms. The van der Waals surface area contributed by atoms with E-state index in [0.717, 1.165) is 5.75 Å². The second-order valence-corrected chi connectivity index (χ2v) is 5.31. The Kier molecular flexibility index (Phi) is 4.00. The van der Waals surface area contributed by atoms with Crippen LogP contribution in [0.1, 0.15) is 17.9 Å². The van der Waals surface area contributed by atoms with Crippen LogP contribution in [0, 0.1) is 5.92 Å². The van der Waals surface area contributed by atoms with E-state index in [1.165, 1.54) is 12.0 Å². The molecule has 0 radical (unpaired) electrons. The fourth-order valence-corrected chi connectivity index (χ4v) is 2.74. The van der Waals surface area contributed by atoms with Gasteiger partial charge in [-0.2, -0.15) is 0 Å². The Balaban J connectivity index is 1.56. The Morgan fingerprint density at radius 2 is 1.70 bits per heavy atom. The van der Waals surface area contributed by atoms with Gasteiger partial charge in [-0.3, -0.25) is 11.3 Å². The molecule has 3 atom stereocenters. The topological polar surface area (TPSA) is 47.3 Å². The molecule has 1 fully saturated rings. The number of nitrogens with one attached hydrogen (secondary N) is 1. The largest absolute Gasteiger partial charge is 0.492 e. The summed E-state index contributed by atoms with van der Waals surface area (Å²) >= 11 is 0. The predicted molar refractivity (Wildman–Crippen MR) is 80.3 cm³/mol. The first-order valence-electron chi connectivity index (χ1n) is 7.07. The van der Waals surface area contributed by atoms with Crippen LogP contribution < -0.4 is 16.0 Å². The van der Waals surface area contributed by atoms with E-state index in [1.807, 2.05) is 30.3 Å². The maximum Gasteiger partial charge on any atom is 0.119 e. The van der Waals surface area contributed by atoms with Crippen LogP contribution in [0.2, 0.25) is 0 Å². The molecule has 3 unspecified atom stereocenters. The summed E-state index contributed by atoms with van der Waals surface area (Å²) in [4.78, 5) is 0. The van der Waals surface area contributed by atoms with Crippen LogP contribution in [0.4, 0.5) is 0 Å². The number of benzene rings is 2. The van der Waals surface area contributed by atoms with Gasteiger partial charge in [0.2, 0.25) is 0 Å². The highest BCUT2D eigenvalue weighted by Crippen LogP contribution is 2.49. The van der Waals surface area contributed by atoms with E-state index in [0.29, 0.717) is 18.4 Å². The third-order valence-corrected chi connectivity index (χ3v) is 3.97. The van der Waals surface area contributed by atoms with Gasteiger partial charge in [0.25, 0.3) is 0 Å². The van der Waals surface area contributed by atoms with E-state index in [4.69, 9.17) is 10.6 Å². The van der Waals surface area contributed by atoms with Crippen molar-refractivity contribution >= 4 is 0 Å². The molecule has 0 saturated heterocycles. The Bertz CT molecular complexity index is 529. The summed E-state index contributed by atoms with van der Waals surface area (Å²) < 4.78 is 5.80. The number of nitrogens with two attached hydrogens (primary N) is 1. The third kappa shape index (κ3) is 3.00. The lowest BCUT2D eigenvalue weighted by Crippen LogP contribution is -2.41. The number of hydrogen-bond acceptors (Lipinski definition) is 3. The highest BCUT2D eigenvalue weighted by Gasteiger charge is 2.43. The molecule has 2 aromatic rings. The van der Waals surface area contributed by atoms with Gasteiger partial charge in [-0.1, -0.05) is 48.5 Å². The fraction of sp³-hybridized carbons (Fsp3) is 0.294. The molecule has 0 bridgehead atoms. The molecule has 3 rings (SSSR count). The van der Waals surface area contributed by atoms with Gasteiger partial charge in [-0.05, 0) is 36.0 Å². The molecule has 2 aromatic carbocycles. The van der Waals surface area contributed by atoms with Crippen molar-refractivity contribution in [2.24, 2.45) is 11.8 Å². The van der Waals surface area contributed by atoms with Gasteiger partial charge in [-0.25, -0.2) is 0 Å². The van der Waals surface area contributed by atoms with Crippen molar-refractivity contribution in [2.75, 3.05) is 6.61 Å². The lowest BCUT2D eigenvalue weighted by atomic mass is 10.1. The van der Waals surface area contributed by atoms with E-state index in [1.54, 1.807) is 0 Å². The van der Waals surface area contributed by atoms with Crippen LogP contribution in [0.5, 0.6) is 5.75 Å². The highest BCUT2D eigenvalue weighted by molar-refractivity contribution is 5.27. The maximum atomic E-state index is 5.80. The molecular formula is C17H20N2O. The zero-order chi connectivity index (χ0) is 13.8. The number of hydrogen-bond donors (Lipinski definition) is 2. The average molecular weight is 268 g/mol. The number of rotatable bonds is 6. The van der Waals surface area contributed by atoms with Crippen LogP contribution in [0.15, 0.2) is 60.7 Å². The third-order valence-electron chi connectivity index (χ3n) is 3.97. The molecule has 0 amide bonds. The predicted octanol–water partition coefficient (Wildman–Crippen LogP) is 2.70. The van der Waals surface area contributed by atoms with Crippen molar-refractivity contribution in [2.45, 2.75) is 18.4 Å². The van der Waals surface area contributed by atoms with Gasteiger partial charge >= 0.3 is 0 Å². The summed E-state index contributed by atoms with van der Waals surface area (Å²) in [6.45, 7) is 0.606. The normalized spacial score (nSPS) is 22.2. The fourth-order valence-electron chi connectivity index (χ4n) is 2.74. The van der Waals surface area contributed by atoms with Gasteiger partial charge in [0.1, 0.15) is 12.4 Å². The minimum absolute atomic E-state index is 0.195. The second-order valence-electron chi connectivity index (χ2n) is 5.31. The molecule has 3 heteroatoms. The van der Waals surface area contributed by atoms with Gasteiger partial charge in [0, 0.05) is 0 Å². The molecule has 1 saturated carbocycles. The minimum Gasteiger partial charge on any atom is -0.492 e. The lowest BCUT2D eigenvalue weighted by molar-refractivity contribution is 0.248. The van der Waals surface area contributed by atoms with Crippen LogP contribution in [0.3, 0.4) is 0 Å². The molecular weight excluding hydrogens is 248 g/mol. The molecule has 0 heterocycles. The minimum atomic E-state index is 0.195. The van der Waals surface area contributed by atoms with Gasteiger partial charge in [0.05, 0.1) is 6.04 Å². The Morgan fingerprint density at radius 3 is 2.35 bits per heavy atom. The van der Waals surface area contributed by atoms with Crippen LogP contribution in [0.25, 0.3) is 0 Å². The van der Waals surface area contributed by atoms with Crippen LogP contribution >= 0.6 is 0 Å². The molecule has 1 aliphatic rings. The molecule has 0 aliphatic heterocycles. The van der Waals surface area contributed by atoms with E-state index < -0.39 is 0 Å². The summed E-state index contributed by atoms with van der Waals surface area (Å²) in [6, 6.07) is 20.7. The molecule has 3 N–H and O–H groups in total. The van der Waals surface area contributed by atoms with Crippen molar-refractivity contribution in [1.82, 2.24) is 5.43 Å². The smallest absolute Gasteiger partial charge is 0.119 e. The first-order valence-corrected chi connectivity index (χ1v) is 7.07. The summed E-state index contributed by atoms with van der Waals surface area (Å²) in [5.41, 5.74) is 4.31.